The molecular weight excluding hydrogens is 608 g/mol. The summed E-state index contributed by atoms with van der Waals surface area (Å²) in [6.45, 7) is 23.2. The first-order chi connectivity index (χ1) is 20.9. The highest BCUT2D eigenvalue weighted by molar-refractivity contribution is 7.53. The van der Waals surface area contributed by atoms with Crippen molar-refractivity contribution >= 4 is 27.8 Å². The molecule has 1 heterocycles. The number of methoxy groups -OCH3 is 1. The van der Waals surface area contributed by atoms with E-state index in [2.05, 4.69) is 61.6 Å². The number of ketones is 1. The number of benzene rings is 1. The molecule has 0 radical (unpaired) electrons. The maximum absolute atomic E-state index is 14.0. The van der Waals surface area contributed by atoms with Crippen molar-refractivity contribution in [2.45, 2.75) is 111 Å². The van der Waals surface area contributed by atoms with Gasteiger partial charge in [-0.05, 0) is 79.2 Å². The fourth-order valence-corrected chi connectivity index (χ4v) is 8.26. The van der Waals surface area contributed by atoms with Crippen LogP contribution >= 0.6 is 7.60 Å². The number of rotatable bonds is 17. The van der Waals surface area contributed by atoms with E-state index in [0.29, 0.717) is 6.61 Å². The predicted octanol–water partition coefficient (Wildman–Crippen LogP) is 9.91. The van der Waals surface area contributed by atoms with Crippen LogP contribution in [0.2, 0.25) is 18.1 Å². The van der Waals surface area contributed by atoms with Gasteiger partial charge in [0.25, 0.3) is 0 Å². The zero-order chi connectivity index (χ0) is 34.2. The van der Waals surface area contributed by atoms with Gasteiger partial charge in [-0.25, -0.2) is 4.39 Å². The second-order valence-electron chi connectivity index (χ2n) is 13.5. The van der Waals surface area contributed by atoms with Gasteiger partial charge >= 0.3 is 7.60 Å². The molecule has 252 valence electrons. The number of halogens is 1. The molecule has 1 unspecified atom stereocenters. The third kappa shape index (κ3) is 10.8. The Hall–Kier alpha value is -2.00. The Kier molecular flexibility index (Phi) is 14.5. The molecule has 7 nitrogen and oxygen atoms in total. The van der Waals surface area contributed by atoms with Crippen LogP contribution in [-0.4, -0.2) is 51.7 Å². The summed E-state index contributed by atoms with van der Waals surface area (Å²) >= 11 is 0. The summed E-state index contributed by atoms with van der Waals surface area (Å²) in [5.41, 5.74) is 5.13. The van der Waals surface area contributed by atoms with Gasteiger partial charge in [-0.15, -0.1) is 0 Å². The number of nitrogens with zero attached hydrogens (tertiary/aromatic N) is 1. The van der Waals surface area contributed by atoms with Crippen molar-refractivity contribution in [2.75, 3.05) is 26.5 Å². The monoisotopic (exact) mass is 663 g/mol. The molecule has 45 heavy (non-hydrogen) atoms. The Morgan fingerprint density at radius 2 is 1.56 bits per heavy atom. The number of carbonyl (C=O) groups is 1. The Balaban J connectivity index is 2.68. The fourth-order valence-electron chi connectivity index (χ4n) is 4.99. The van der Waals surface area contributed by atoms with Crippen molar-refractivity contribution in [2.24, 2.45) is 0 Å². The Morgan fingerprint density at radius 1 is 1.00 bits per heavy atom. The molecule has 0 aliphatic rings. The average Bonchev–Trinajstić information content (AvgIpc) is 2.91. The van der Waals surface area contributed by atoms with E-state index < -0.39 is 22.0 Å². The minimum absolute atomic E-state index is 0.0124. The van der Waals surface area contributed by atoms with Gasteiger partial charge in [-0.1, -0.05) is 60.6 Å². The molecule has 0 saturated heterocycles. The van der Waals surface area contributed by atoms with E-state index >= 15 is 0 Å². The molecule has 2 rings (SSSR count). The number of ether oxygens (including phenoxy) is 1. The van der Waals surface area contributed by atoms with Gasteiger partial charge in [0.05, 0.1) is 37.8 Å². The maximum atomic E-state index is 14.0. The summed E-state index contributed by atoms with van der Waals surface area (Å²) in [5, 5.41) is -0.122. The van der Waals surface area contributed by atoms with Crippen molar-refractivity contribution in [1.29, 1.82) is 0 Å². The van der Waals surface area contributed by atoms with E-state index in [4.69, 9.17) is 23.2 Å². The van der Waals surface area contributed by atoms with E-state index in [1.165, 1.54) is 12.1 Å². The van der Waals surface area contributed by atoms with Gasteiger partial charge in [0.1, 0.15) is 5.82 Å². The lowest BCUT2D eigenvalue weighted by Gasteiger charge is -2.39. The summed E-state index contributed by atoms with van der Waals surface area (Å²) < 4.78 is 51.0. The van der Waals surface area contributed by atoms with Gasteiger partial charge in [0.15, 0.2) is 14.1 Å². The molecule has 0 bridgehead atoms. The molecular formula is C35H55FNO6PSi. The van der Waals surface area contributed by atoms with Gasteiger partial charge in [0, 0.05) is 30.4 Å². The Morgan fingerprint density at radius 3 is 2.02 bits per heavy atom. The lowest BCUT2D eigenvalue weighted by molar-refractivity contribution is -0.115. The third-order valence-corrected chi connectivity index (χ3v) is 14.8. The van der Waals surface area contributed by atoms with Crippen LogP contribution < -0.4 is 0 Å². The Labute approximate surface area is 272 Å². The van der Waals surface area contributed by atoms with Crippen molar-refractivity contribution in [1.82, 2.24) is 4.98 Å². The average molecular weight is 664 g/mol. The van der Waals surface area contributed by atoms with Crippen LogP contribution in [0.1, 0.15) is 103 Å². The number of hydrogen-bond acceptors (Lipinski definition) is 7. The minimum Gasteiger partial charge on any atom is -0.413 e. The topological polar surface area (TPSA) is 84.0 Å². The summed E-state index contributed by atoms with van der Waals surface area (Å²) in [6.07, 6.45) is 2.70. The van der Waals surface area contributed by atoms with Crippen molar-refractivity contribution in [3.8, 4) is 11.1 Å². The van der Waals surface area contributed by atoms with Gasteiger partial charge in [-0.2, -0.15) is 0 Å². The maximum Gasteiger partial charge on any atom is 0.333 e. The highest BCUT2D eigenvalue weighted by Crippen LogP contribution is 2.50. The largest absolute Gasteiger partial charge is 0.413 e. The minimum atomic E-state index is -3.48. The second kappa shape index (κ2) is 16.7. The molecule has 1 aromatic carbocycles. The molecule has 0 fully saturated rings. The Bertz CT molecular complexity index is 1340. The quantitative estimate of drug-likeness (QED) is 0.0946. The number of allylic oxidation sites excluding steroid dienone is 1. The molecule has 0 spiro atoms. The van der Waals surface area contributed by atoms with Gasteiger partial charge in [0.2, 0.25) is 0 Å². The number of pyridine rings is 1. The first-order valence-corrected chi connectivity index (χ1v) is 20.6. The highest BCUT2D eigenvalue weighted by Gasteiger charge is 2.41. The highest BCUT2D eigenvalue weighted by atomic mass is 31.2. The summed E-state index contributed by atoms with van der Waals surface area (Å²) in [4.78, 5) is 18.8. The second-order valence-corrected chi connectivity index (χ2v) is 20.4. The first kappa shape index (κ1) is 39.2. The summed E-state index contributed by atoms with van der Waals surface area (Å²) in [7, 11) is -4.19. The summed E-state index contributed by atoms with van der Waals surface area (Å²) in [6, 6.07) is 6.37. The lowest BCUT2D eigenvalue weighted by Crippen LogP contribution is -2.45. The molecule has 0 aliphatic heterocycles. The number of aromatic nitrogens is 1. The van der Waals surface area contributed by atoms with E-state index in [0.717, 1.165) is 33.6 Å². The van der Waals surface area contributed by atoms with Crippen LogP contribution in [0.4, 0.5) is 4.39 Å². The third-order valence-electron chi connectivity index (χ3n) is 8.12. The SMILES string of the molecule is CCOP(=O)(CC(CC(=O)/C=C/c1c(C(C)C)nc(C(C)C)c(COC)c1-c1ccc(F)cc1)O[Si](C)(C)C(C)(C)C)OCC. The molecule has 1 atom stereocenters. The predicted molar refractivity (Wildman–Crippen MR) is 185 cm³/mol. The molecule has 10 heteroatoms. The molecule has 0 saturated carbocycles. The zero-order valence-electron chi connectivity index (χ0n) is 29.5. The zero-order valence-corrected chi connectivity index (χ0v) is 31.3. The molecule has 0 N–H and O–H groups in total. The van der Waals surface area contributed by atoms with E-state index in [1.54, 1.807) is 45.2 Å². The normalized spacial score (nSPS) is 13.8. The molecule has 2 aromatic rings. The van der Waals surface area contributed by atoms with Crippen LogP contribution in [0, 0.1) is 5.82 Å². The van der Waals surface area contributed by atoms with Crippen LogP contribution in [0.5, 0.6) is 0 Å². The molecule has 1 aromatic heterocycles. The first-order valence-electron chi connectivity index (χ1n) is 16.0. The molecule has 0 amide bonds. The van der Waals surface area contributed by atoms with Crippen molar-refractivity contribution in [3.05, 3.63) is 58.7 Å². The van der Waals surface area contributed by atoms with Crippen LogP contribution in [-0.2, 0) is 34.2 Å². The van der Waals surface area contributed by atoms with Crippen molar-refractivity contribution < 1.29 is 32.0 Å². The summed E-state index contributed by atoms with van der Waals surface area (Å²) in [5.74, 6) is -0.345. The van der Waals surface area contributed by atoms with Crippen LogP contribution in [0.3, 0.4) is 0 Å². The van der Waals surface area contributed by atoms with E-state index in [-0.39, 0.29) is 54.3 Å². The number of carbonyl (C=O) groups excluding carboxylic acids is 1. The smallest absolute Gasteiger partial charge is 0.333 e. The van der Waals surface area contributed by atoms with Crippen LogP contribution in [0.15, 0.2) is 30.3 Å². The lowest BCUT2D eigenvalue weighted by atomic mass is 9.87. The molecule has 0 aliphatic carbocycles. The van der Waals surface area contributed by atoms with E-state index in [9.17, 15) is 13.8 Å². The van der Waals surface area contributed by atoms with E-state index in [1.807, 2.05) is 0 Å². The number of hydrogen-bond donors (Lipinski definition) is 0. The van der Waals surface area contributed by atoms with Crippen molar-refractivity contribution in [3.63, 3.8) is 0 Å². The van der Waals surface area contributed by atoms with Gasteiger partial charge < -0.3 is 18.2 Å². The van der Waals surface area contributed by atoms with Crippen LogP contribution in [0.25, 0.3) is 17.2 Å². The van der Waals surface area contributed by atoms with Gasteiger partial charge in [-0.3, -0.25) is 14.3 Å². The fraction of sp³-hybridized carbons (Fsp3) is 0.600. The standard InChI is InChI=1S/C35H55FNO6PSi/c1-13-41-44(39,42-14-2)23-29(43-45(11,12)35(7,8)9)21-28(38)19-20-30-32(26-15-17-27(36)18-16-26)31(22-40-10)34(25(5)6)37-33(30)24(3)4/h15-20,24-25,29H,13-14,21-23H2,1-12H3/b20-19+.